The van der Waals surface area contributed by atoms with Crippen LogP contribution in [0.1, 0.15) is 33.1 Å². The van der Waals surface area contributed by atoms with Crippen molar-refractivity contribution in [1.82, 2.24) is 10.3 Å². The van der Waals surface area contributed by atoms with Crippen molar-refractivity contribution in [3.8, 4) is 6.07 Å². The first-order chi connectivity index (χ1) is 12.2. The van der Waals surface area contributed by atoms with Crippen LogP contribution in [0, 0.1) is 11.3 Å². The van der Waals surface area contributed by atoms with Gasteiger partial charge in [-0.15, -0.1) is 0 Å². The molecule has 134 valence electrons. The van der Waals surface area contributed by atoms with Crippen molar-refractivity contribution >= 4 is 11.8 Å². The molecule has 0 unspecified atom stereocenters. The van der Waals surface area contributed by atoms with E-state index < -0.39 is 29.5 Å². The number of aromatic nitrogens is 1. The first-order valence-electron chi connectivity index (χ1n) is 7.31. The van der Waals surface area contributed by atoms with Gasteiger partial charge in [0.15, 0.2) is 11.7 Å². The first kappa shape index (κ1) is 18.9. The Balaban J connectivity index is 2.18. The fourth-order valence-corrected chi connectivity index (χ4v) is 2.15. The van der Waals surface area contributed by atoms with Crippen LogP contribution in [0.4, 0.5) is 18.0 Å². The summed E-state index contributed by atoms with van der Waals surface area (Å²) in [6.45, 7) is 0.173. The zero-order valence-corrected chi connectivity index (χ0v) is 13.2. The fourth-order valence-electron chi connectivity index (χ4n) is 2.15. The van der Waals surface area contributed by atoms with Crippen LogP contribution in [-0.4, -0.2) is 16.8 Å². The second-order valence-electron chi connectivity index (χ2n) is 5.31. The normalized spacial score (nSPS) is 12.1. The maximum Gasteiger partial charge on any atom is 0.417 e. The Morgan fingerprint density at radius 1 is 1.19 bits per heavy atom. The highest BCUT2D eigenvalue weighted by atomic mass is 19.4. The summed E-state index contributed by atoms with van der Waals surface area (Å²) in [5.74, 6) is -1.92. The highest BCUT2D eigenvalue weighted by Crippen LogP contribution is 2.29. The number of pyridine rings is 1. The Labute approximate surface area is 146 Å². The summed E-state index contributed by atoms with van der Waals surface area (Å²) in [4.78, 5) is 26.7. The van der Waals surface area contributed by atoms with Crippen LogP contribution >= 0.6 is 0 Å². The summed E-state index contributed by atoms with van der Waals surface area (Å²) in [7, 11) is 0. The van der Waals surface area contributed by atoms with E-state index in [9.17, 15) is 28.0 Å². The number of carbonyl (C=O) groups is 2. The number of urea groups is 1. The van der Waals surface area contributed by atoms with Gasteiger partial charge >= 0.3 is 12.2 Å². The lowest BCUT2D eigenvalue weighted by Crippen LogP contribution is -2.28. The number of nitrogens with zero attached hydrogens (tertiary/aromatic N) is 2. The molecule has 9 heteroatoms. The molecule has 2 aromatic rings. The molecule has 1 aromatic heterocycles. The summed E-state index contributed by atoms with van der Waals surface area (Å²) in [5.41, 5.74) is 4.81. The maximum absolute atomic E-state index is 12.6. The number of rotatable bonds is 5. The van der Waals surface area contributed by atoms with Crippen molar-refractivity contribution in [1.29, 1.82) is 5.26 Å². The van der Waals surface area contributed by atoms with Gasteiger partial charge in [-0.3, -0.25) is 9.78 Å². The molecule has 1 atom stereocenters. The van der Waals surface area contributed by atoms with Crippen LogP contribution in [0.15, 0.2) is 42.6 Å². The van der Waals surface area contributed by atoms with Gasteiger partial charge in [0.05, 0.1) is 17.3 Å². The van der Waals surface area contributed by atoms with Crippen molar-refractivity contribution in [3.05, 3.63) is 65.0 Å². The molecule has 0 radical (unpaired) electrons. The summed E-state index contributed by atoms with van der Waals surface area (Å²) < 4.78 is 37.7. The van der Waals surface area contributed by atoms with E-state index in [1.54, 1.807) is 18.2 Å². The number of alkyl halides is 3. The Morgan fingerprint density at radius 2 is 1.85 bits per heavy atom. The van der Waals surface area contributed by atoms with Crippen LogP contribution in [0.3, 0.4) is 0 Å². The van der Waals surface area contributed by atoms with E-state index in [-0.39, 0.29) is 17.8 Å². The van der Waals surface area contributed by atoms with E-state index in [4.69, 9.17) is 5.73 Å². The number of hydrogen-bond donors (Lipinski definition) is 2. The number of halogens is 3. The Kier molecular flexibility index (Phi) is 5.57. The number of carbonyl (C=O) groups excluding carboxylic acids is 2. The molecule has 0 saturated carbocycles. The molecule has 3 N–H and O–H groups in total. The van der Waals surface area contributed by atoms with E-state index in [2.05, 4.69) is 10.3 Å². The predicted octanol–water partition coefficient (Wildman–Crippen LogP) is 2.76. The van der Waals surface area contributed by atoms with Gasteiger partial charge in [-0.25, -0.2) is 4.79 Å². The van der Waals surface area contributed by atoms with Crippen LogP contribution < -0.4 is 11.1 Å². The molecule has 0 aliphatic heterocycles. The van der Waals surface area contributed by atoms with Crippen molar-refractivity contribution in [2.75, 3.05) is 0 Å². The van der Waals surface area contributed by atoms with Gasteiger partial charge in [-0.2, -0.15) is 18.4 Å². The fraction of sp³-hybridized carbons (Fsp3) is 0.176. The van der Waals surface area contributed by atoms with Gasteiger partial charge in [-0.05, 0) is 17.7 Å². The molecular formula is C17H13F3N4O2. The van der Waals surface area contributed by atoms with E-state index in [0.717, 1.165) is 12.1 Å². The minimum atomic E-state index is -4.55. The van der Waals surface area contributed by atoms with Crippen LogP contribution in [0.5, 0.6) is 0 Å². The van der Waals surface area contributed by atoms with Crippen molar-refractivity contribution < 1.29 is 22.8 Å². The van der Waals surface area contributed by atoms with Gasteiger partial charge in [0.25, 0.3) is 0 Å². The van der Waals surface area contributed by atoms with Gasteiger partial charge in [0.2, 0.25) is 0 Å². The van der Waals surface area contributed by atoms with E-state index in [0.29, 0.717) is 11.8 Å². The summed E-state index contributed by atoms with van der Waals surface area (Å²) >= 11 is 0. The van der Waals surface area contributed by atoms with Gasteiger partial charge < -0.3 is 11.1 Å². The lowest BCUT2D eigenvalue weighted by Gasteiger charge is -2.11. The van der Waals surface area contributed by atoms with Crippen LogP contribution in [0.25, 0.3) is 0 Å². The molecule has 0 bridgehead atoms. The molecule has 2 rings (SSSR count). The molecule has 1 heterocycles. The highest BCUT2D eigenvalue weighted by molar-refractivity contribution is 6.02. The lowest BCUT2D eigenvalue weighted by atomic mass is 9.94. The number of nitrogens with two attached hydrogens (primary N) is 1. The largest absolute Gasteiger partial charge is 0.417 e. The number of primary amides is 1. The Bertz CT molecular complexity index is 840. The molecule has 6 nitrogen and oxygen atoms in total. The molecule has 0 aliphatic carbocycles. The molecule has 2 amide bonds. The topological polar surface area (TPSA) is 109 Å². The lowest BCUT2D eigenvalue weighted by molar-refractivity contribution is -0.137. The van der Waals surface area contributed by atoms with Gasteiger partial charge in [0, 0.05) is 18.3 Å². The summed E-state index contributed by atoms with van der Waals surface area (Å²) in [6.07, 6.45) is -3.96. The average molecular weight is 362 g/mol. The second kappa shape index (κ2) is 7.65. The minimum absolute atomic E-state index is 0.0648. The Hall–Kier alpha value is -3.41. The number of benzene rings is 1. The third-order valence-corrected chi connectivity index (χ3v) is 3.51. The van der Waals surface area contributed by atoms with Gasteiger partial charge in [-0.1, -0.05) is 24.3 Å². The number of Topliss-reactive ketones (excluding diaryl/α,β-unsaturated/α-hetero) is 1. The molecule has 0 saturated heterocycles. The average Bonchev–Trinajstić information content (AvgIpc) is 2.60. The quantitative estimate of drug-likeness (QED) is 0.797. The van der Waals surface area contributed by atoms with E-state index in [1.165, 1.54) is 12.1 Å². The summed E-state index contributed by atoms with van der Waals surface area (Å²) in [6, 6.07) is 8.90. The van der Waals surface area contributed by atoms with Crippen molar-refractivity contribution in [2.45, 2.75) is 18.6 Å². The standard InChI is InChI=1S/C17H13F3N4O2/c18-17(19,20)12-5-6-14(23-9-12)13(7-21)15(25)11-3-1-10(2-4-11)8-24-16(22)26/h1-6,9,13H,8H2,(H3,22,24,26)/t13-/m1/s1. The van der Waals surface area contributed by atoms with E-state index >= 15 is 0 Å². The molecular weight excluding hydrogens is 349 g/mol. The zero-order valence-electron chi connectivity index (χ0n) is 13.2. The molecule has 26 heavy (non-hydrogen) atoms. The molecule has 1 aromatic carbocycles. The SMILES string of the molecule is N#C[C@@H](C(=O)c1ccc(CNC(N)=O)cc1)c1ccc(C(F)(F)F)cn1. The second-order valence-corrected chi connectivity index (χ2v) is 5.31. The number of hydrogen-bond acceptors (Lipinski definition) is 4. The summed E-state index contributed by atoms with van der Waals surface area (Å²) in [5, 5.41) is 11.6. The third-order valence-electron chi connectivity index (χ3n) is 3.51. The van der Waals surface area contributed by atoms with E-state index in [1.807, 2.05) is 0 Å². The Morgan fingerprint density at radius 3 is 2.31 bits per heavy atom. The van der Waals surface area contributed by atoms with Gasteiger partial charge in [0.1, 0.15) is 0 Å². The number of ketones is 1. The third kappa shape index (κ3) is 4.57. The first-order valence-corrected chi connectivity index (χ1v) is 7.31. The van der Waals surface area contributed by atoms with Crippen molar-refractivity contribution in [3.63, 3.8) is 0 Å². The maximum atomic E-state index is 12.6. The number of amides is 2. The number of nitrogens with one attached hydrogen (secondary N) is 1. The van der Waals surface area contributed by atoms with Crippen LogP contribution in [0.2, 0.25) is 0 Å². The number of nitriles is 1. The van der Waals surface area contributed by atoms with Crippen molar-refractivity contribution in [2.24, 2.45) is 5.73 Å². The molecule has 0 spiro atoms. The van der Waals surface area contributed by atoms with Crippen LogP contribution in [-0.2, 0) is 12.7 Å². The highest BCUT2D eigenvalue weighted by Gasteiger charge is 2.31. The minimum Gasteiger partial charge on any atom is -0.352 e. The molecule has 0 fully saturated rings. The smallest absolute Gasteiger partial charge is 0.352 e. The predicted molar refractivity (Wildman–Crippen MR) is 84.8 cm³/mol. The zero-order chi connectivity index (χ0) is 19.3. The molecule has 0 aliphatic rings. The monoisotopic (exact) mass is 362 g/mol.